The Kier molecular flexibility index (Phi) is 15.4. The molecule has 0 unspecified atom stereocenters. The molecule has 0 spiro atoms. The van der Waals surface area contributed by atoms with Crippen molar-refractivity contribution in [1.29, 1.82) is 0 Å². The fraction of sp³-hybridized carbons (Fsp3) is 0.524. The number of aromatic nitrogens is 5. The van der Waals surface area contributed by atoms with Gasteiger partial charge in [-0.25, -0.2) is 24.0 Å². The van der Waals surface area contributed by atoms with Gasteiger partial charge >= 0.3 is 18.4 Å². The zero-order chi connectivity index (χ0) is 41.8. The summed E-state index contributed by atoms with van der Waals surface area (Å²) in [6, 6.07) is 12.4. The maximum absolute atomic E-state index is 13.6. The standard InChI is InChI=1S/C42H56F3N7O5/c1-8-9-11-15-30-20-22-32(23-21-30)36(53)46-24-25-50-28-35(48-49-50)19-13-10-12-18-34-29-52(39(55)57-41(5,6)7)37(47-34)51(38(54)56-40(2,3)4)27-31-16-14-17-33(26-31)42(43,44)45/h14,16-17,20-23,26,28-29H,8-13,15,18-19,24-25,27H2,1-7H3,(H,46,53). The lowest BCUT2D eigenvalue weighted by Gasteiger charge is -2.27. The molecule has 0 fully saturated rings. The summed E-state index contributed by atoms with van der Waals surface area (Å²) in [6.45, 7) is 12.8. The van der Waals surface area contributed by atoms with Crippen molar-refractivity contribution >= 4 is 24.0 Å². The van der Waals surface area contributed by atoms with E-state index in [4.69, 9.17) is 9.47 Å². The normalized spacial score (nSPS) is 12.0. The van der Waals surface area contributed by atoms with Crippen LogP contribution in [0.4, 0.5) is 28.7 Å². The van der Waals surface area contributed by atoms with Crippen LogP contribution in [0.1, 0.15) is 125 Å². The van der Waals surface area contributed by atoms with Crippen LogP contribution in [0, 0.1) is 0 Å². The topological polar surface area (TPSA) is 133 Å². The van der Waals surface area contributed by atoms with E-state index in [9.17, 15) is 27.6 Å². The molecule has 57 heavy (non-hydrogen) atoms. The molecule has 12 nitrogen and oxygen atoms in total. The molecule has 1 N–H and O–H groups in total. The minimum Gasteiger partial charge on any atom is -0.443 e. The lowest BCUT2D eigenvalue weighted by atomic mass is 10.1. The molecule has 4 rings (SSSR count). The summed E-state index contributed by atoms with van der Waals surface area (Å²) in [6.07, 6.45) is 4.98. The van der Waals surface area contributed by atoms with Crippen LogP contribution in [0.2, 0.25) is 0 Å². The Hall–Kier alpha value is -5.21. The van der Waals surface area contributed by atoms with Crippen LogP contribution in [0.15, 0.2) is 60.9 Å². The van der Waals surface area contributed by atoms with Crippen molar-refractivity contribution in [3.63, 3.8) is 0 Å². The van der Waals surface area contributed by atoms with E-state index >= 15 is 0 Å². The average Bonchev–Trinajstić information content (AvgIpc) is 3.76. The third-order valence-electron chi connectivity index (χ3n) is 8.64. The number of imidazole rings is 1. The van der Waals surface area contributed by atoms with Gasteiger partial charge < -0.3 is 14.8 Å². The molecule has 2 amide bonds. The second-order valence-corrected chi connectivity index (χ2v) is 16.1. The summed E-state index contributed by atoms with van der Waals surface area (Å²) < 4.78 is 54.7. The SMILES string of the molecule is CCCCCc1ccc(C(=O)NCCn2cc(CCCCCc3cn(C(=O)OC(C)(C)C)c(N(Cc4cccc(C(F)(F)F)c4)C(=O)OC(C)(C)C)n3)nn2)cc1. The van der Waals surface area contributed by atoms with Crippen LogP contribution in [-0.4, -0.2) is 60.4 Å². The van der Waals surface area contributed by atoms with Gasteiger partial charge in [0, 0.05) is 24.5 Å². The van der Waals surface area contributed by atoms with Crippen molar-refractivity contribution in [2.24, 2.45) is 0 Å². The van der Waals surface area contributed by atoms with Gasteiger partial charge in [0.1, 0.15) is 11.2 Å². The van der Waals surface area contributed by atoms with Crippen LogP contribution >= 0.6 is 0 Å². The maximum Gasteiger partial charge on any atom is 0.421 e. The fourth-order valence-electron chi connectivity index (χ4n) is 5.88. The number of benzene rings is 2. The van der Waals surface area contributed by atoms with Gasteiger partial charge in [0.25, 0.3) is 5.91 Å². The maximum atomic E-state index is 13.6. The molecule has 0 saturated carbocycles. The van der Waals surface area contributed by atoms with E-state index in [1.54, 1.807) is 46.2 Å². The molecule has 2 heterocycles. The number of amides is 2. The number of alkyl halides is 3. The van der Waals surface area contributed by atoms with Gasteiger partial charge in [-0.1, -0.05) is 55.7 Å². The molecule has 0 aliphatic heterocycles. The number of unbranched alkanes of at least 4 members (excludes halogenated alkanes) is 4. The van der Waals surface area contributed by atoms with Gasteiger partial charge in [-0.05, 0) is 115 Å². The van der Waals surface area contributed by atoms with Gasteiger partial charge in [0.2, 0.25) is 5.95 Å². The molecule has 0 aliphatic carbocycles. The number of aryl methyl sites for hydroxylation is 3. The monoisotopic (exact) mass is 795 g/mol. The molecule has 0 radical (unpaired) electrons. The molecule has 310 valence electrons. The van der Waals surface area contributed by atoms with Crippen molar-refractivity contribution in [1.82, 2.24) is 29.9 Å². The minimum absolute atomic E-state index is 0.130. The lowest BCUT2D eigenvalue weighted by Crippen LogP contribution is -2.39. The zero-order valence-electron chi connectivity index (χ0n) is 34.1. The van der Waals surface area contributed by atoms with Gasteiger partial charge in [-0.3, -0.25) is 9.48 Å². The smallest absolute Gasteiger partial charge is 0.421 e. The number of ether oxygens (including phenoxy) is 2. The number of carbonyl (C=O) groups excluding carboxylic acids is 3. The highest BCUT2D eigenvalue weighted by molar-refractivity contribution is 5.94. The number of nitrogens with zero attached hydrogens (tertiary/aromatic N) is 6. The number of anilines is 1. The first-order valence-corrected chi connectivity index (χ1v) is 19.6. The largest absolute Gasteiger partial charge is 0.443 e. The number of hydrogen-bond donors (Lipinski definition) is 1. The molecular weight excluding hydrogens is 740 g/mol. The third kappa shape index (κ3) is 14.7. The Morgan fingerprint density at radius 2 is 1.46 bits per heavy atom. The fourth-order valence-corrected chi connectivity index (χ4v) is 5.88. The van der Waals surface area contributed by atoms with E-state index in [2.05, 4.69) is 27.5 Å². The zero-order valence-corrected chi connectivity index (χ0v) is 34.1. The van der Waals surface area contributed by atoms with Gasteiger partial charge in [0.05, 0.1) is 30.0 Å². The second kappa shape index (κ2) is 19.8. The van der Waals surface area contributed by atoms with Gasteiger partial charge in [-0.15, -0.1) is 5.10 Å². The number of halogens is 3. The summed E-state index contributed by atoms with van der Waals surface area (Å²) in [5.74, 6) is -0.263. The minimum atomic E-state index is -4.59. The first-order chi connectivity index (χ1) is 26.8. The van der Waals surface area contributed by atoms with Crippen LogP contribution in [0.5, 0.6) is 0 Å². The molecular formula is C42H56F3N7O5. The van der Waals surface area contributed by atoms with Crippen LogP contribution in [-0.2, 0) is 48.0 Å². The molecule has 2 aromatic heterocycles. The Bertz CT molecular complexity index is 1920. The van der Waals surface area contributed by atoms with Gasteiger partial charge in [-0.2, -0.15) is 13.2 Å². The molecule has 2 aromatic carbocycles. The Labute approximate surface area is 333 Å². The number of rotatable bonds is 17. The first-order valence-electron chi connectivity index (χ1n) is 19.6. The molecule has 15 heteroatoms. The summed E-state index contributed by atoms with van der Waals surface area (Å²) >= 11 is 0. The Morgan fingerprint density at radius 3 is 2.11 bits per heavy atom. The highest BCUT2D eigenvalue weighted by Crippen LogP contribution is 2.31. The van der Waals surface area contributed by atoms with Gasteiger partial charge in [0.15, 0.2) is 0 Å². The lowest BCUT2D eigenvalue weighted by molar-refractivity contribution is -0.137. The van der Waals surface area contributed by atoms with Crippen LogP contribution in [0.3, 0.4) is 0 Å². The van der Waals surface area contributed by atoms with E-state index in [0.717, 1.165) is 53.0 Å². The summed E-state index contributed by atoms with van der Waals surface area (Å²) in [4.78, 5) is 45.3. The molecule has 4 aromatic rings. The predicted molar refractivity (Wildman–Crippen MR) is 211 cm³/mol. The van der Waals surface area contributed by atoms with E-state index in [-0.39, 0.29) is 24.0 Å². The number of nitrogens with one attached hydrogen (secondary N) is 1. The Morgan fingerprint density at radius 1 is 0.789 bits per heavy atom. The summed E-state index contributed by atoms with van der Waals surface area (Å²) in [5, 5.41) is 11.4. The van der Waals surface area contributed by atoms with Crippen molar-refractivity contribution in [3.05, 3.63) is 94.6 Å². The van der Waals surface area contributed by atoms with E-state index < -0.39 is 35.1 Å². The first kappa shape index (κ1) is 44.5. The highest BCUT2D eigenvalue weighted by atomic mass is 19.4. The van der Waals surface area contributed by atoms with Crippen LogP contribution < -0.4 is 10.2 Å². The third-order valence-corrected chi connectivity index (χ3v) is 8.64. The highest BCUT2D eigenvalue weighted by Gasteiger charge is 2.33. The molecule has 0 saturated heterocycles. The summed E-state index contributed by atoms with van der Waals surface area (Å²) in [5.41, 5.74) is 0.622. The number of hydrogen-bond acceptors (Lipinski definition) is 8. The average molecular weight is 796 g/mol. The van der Waals surface area contributed by atoms with Crippen LogP contribution in [0.25, 0.3) is 0 Å². The van der Waals surface area contributed by atoms with E-state index in [1.165, 1.54) is 36.7 Å². The molecule has 0 aliphatic rings. The molecule has 0 atom stereocenters. The van der Waals surface area contributed by atoms with E-state index in [1.807, 2.05) is 30.5 Å². The number of carbonyl (C=O) groups is 3. The second-order valence-electron chi connectivity index (χ2n) is 16.1. The quantitative estimate of drug-likeness (QED) is 0.105. The molecule has 0 bridgehead atoms. The summed E-state index contributed by atoms with van der Waals surface area (Å²) in [7, 11) is 0. The predicted octanol–water partition coefficient (Wildman–Crippen LogP) is 9.34. The Balaban J connectivity index is 1.36. The van der Waals surface area contributed by atoms with Crippen molar-refractivity contribution in [2.75, 3.05) is 11.4 Å². The van der Waals surface area contributed by atoms with E-state index in [0.29, 0.717) is 43.6 Å². The van der Waals surface area contributed by atoms with Crippen molar-refractivity contribution < 1.29 is 37.0 Å². The van der Waals surface area contributed by atoms with Crippen molar-refractivity contribution in [2.45, 2.75) is 137 Å². The van der Waals surface area contributed by atoms with Crippen molar-refractivity contribution in [3.8, 4) is 0 Å².